The van der Waals surface area contributed by atoms with E-state index < -0.39 is 21.7 Å². The van der Waals surface area contributed by atoms with Crippen molar-refractivity contribution in [3.8, 4) is 17.0 Å². The van der Waals surface area contributed by atoms with Crippen LogP contribution in [0.2, 0.25) is 0 Å². The van der Waals surface area contributed by atoms with Crippen LogP contribution in [0.3, 0.4) is 0 Å². The summed E-state index contributed by atoms with van der Waals surface area (Å²) in [6, 6.07) is 11.9. The molecule has 0 atom stereocenters. The summed E-state index contributed by atoms with van der Waals surface area (Å²) in [6.45, 7) is 5.12. The van der Waals surface area contributed by atoms with E-state index in [4.69, 9.17) is 9.72 Å². The number of sulfonamides is 1. The van der Waals surface area contributed by atoms with Crippen molar-refractivity contribution in [3.63, 3.8) is 0 Å². The Morgan fingerprint density at radius 1 is 1.13 bits per heavy atom. The van der Waals surface area contributed by atoms with Gasteiger partial charge in [0, 0.05) is 31.4 Å². The largest absolute Gasteiger partial charge is 0.493 e. The second kappa shape index (κ2) is 12.5. The molecule has 0 saturated heterocycles. The van der Waals surface area contributed by atoms with E-state index in [0.29, 0.717) is 41.9 Å². The van der Waals surface area contributed by atoms with Crippen molar-refractivity contribution in [1.29, 1.82) is 0 Å². The average molecular weight is 555 g/mol. The Hall–Kier alpha value is -3.53. The molecule has 4 rings (SSSR count). The second-order valence-electron chi connectivity index (χ2n) is 10.4. The summed E-state index contributed by atoms with van der Waals surface area (Å²) in [4.78, 5) is 23.8. The molecular weight excluding hydrogens is 519 g/mol. The fourth-order valence-corrected chi connectivity index (χ4v) is 5.63. The third-order valence-electron chi connectivity index (χ3n) is 6.63. The fraction of sp³-hybridized carbons (Fsp3) is 0.414. The standard InChI is InChI=1S/C29H35FN4O4S/c1-20(2)19-38-24-16-22(15-23(30)17-24)26-13-12-25(28(32-26)34(3)18-21-9-5-4-6-10-21)29(35)33-39(36,37)27-11-7-8-14-31-27/h7-8,11-17,20-21H,4-6,9-10,18-19H2,1-3H3,(H,33,35). The summed E-state index contributed by atoms with van der Waals surface area (Å²) in [6.07, 6.45) is 7.04. The molecule has 3 aromatic rings. The number of pyridine rings is 2. The lowest BCUT2D eigenvalue weighted by atomic mass is 9.89. The zero-order chi connectivity index (χ0) is 28.0. The number of nitrogens with zero attached hydrogens (tertiary/aromatic N) is 3. The van der Waals surface area contributed by atoms with E-state index in [9.17, 15) is 17.6 Å². The van der Waals surface area contributed by atoms with Crippen molar-refractivity contribution >= 4 is 21.7 Å². The Bertz CT molecular complexity index is 1390. The lowest BCUT2D eigenvalue weighted by Crippen LogP contribution is -2.34. The van der Waals surface area contributed by atoms with Crippen LogP contribution in [0, 0.1) is 17.7 Å². The second-order valence-corrected chi connectivity index (χ2v) is 12.1. The Morgan fingerprint density at radius 3 is 2.59 bits per heavy atom. The minimum Gasteiger partial charge on any atom is -0.493 e. The van der Waals surface area contributed by atoms with E-state index in [1.165, 1.54) is 42.9 Å². The van der Waals surface area contributed by atoms with Gasteiger partial charge in [-0.1, -0.05) is 39.2 Å². The Labute approximate surface area is 229 Å². The van der Waals surface area contributed by atoms with E-state index in [-0.39, 0.29) is 16.5 Å². The van der Waals surface area contributed by atoms with Gasteiger partial charge in [0.05, 0.1) is 17.9 Å². The molecule has 1 amide bonds. The first-order valence-electron chi connectivity index (χ1n) is 13.3. The molecule has 1 fully saturated rings. The van der Waals surface area contributed by atoms with Gasteiger partial charge >= 0.3 is 0 Å². The molecule has 0 aliphatic heterocycles. The van der Waals surface area contributed by atoms with E-state index in [0.717, 1.165) is 25.7 Å². The van der Waals surface area contributed by atoms with E-state index in [2.05, 4.69) is 9.71 Å². The van der Waals surface area contributed by atoms with Crippen LogP contribution in [0.1, 0.15) is 56.3 Å². The molecule has 2 aromatic heterocycles. The number of aromatic nitrogens is 2. The highest BCUT2D eigenvalue weighted by Gasteiger charge is 2.25. The summed E-state index contributed by atoms with van der Waals surface area (Å²) in [5, 5.41) is -0.256. The van der Waals surface area contributed by atoms with Crippen LogP contribution >= 0.6 is 0 Å². The molecule has 1 saturated carbocycles. The number of carbonyl (C=O) groups is 1. The maximum absolute atomic E-state index is 14.5. The molecule has 1 aliphatic carbocycles. The van der Waals surface area contributed by atoms with E-state index in [1.807, 2.05) is 25.8 Å². The van der Waals surface area contributed by atoms with Crippen molar-refractivity contribution in [2.24, 2.45) is 11.8 Å². The summed E-state index contributed by atoms with van der Waals surface area (Å²) < 4.78 is 48.0. The fourth-order valence-electron chi connectivity index (χ4n) is 4.71. The van der Waals surface area contributed by atoms with Gasteiger partial charge in [-0.3, -0.25) is 4.79 Å². The molecule has 1 N–H and O–H groups in total. The number of hydrogen-bond donors (Lipinski definition) is 1. The van der Waals surface area contributed by atoms with Crippen LogP contribution in [-0.4, -0.2) is 44.5 Å². The summed E-state index contributed by atoms with van der Waals surface area (Å²) in [5.74, 6) is 0.142. The SMILES string of the molecule is CC(C)COc1cc(F)cc(-c2ccc(C(=O)NS(=O)(=O)c3ccccn3)c(N(C)CC3CCCCC3)n2)c1. The first kappa shape index (κ1) is 28.5. The summed E-state index contributed by atoms with van der Waals surface area (Å²) in [5.41, 5.74) is 1.04. The quantitative estimate of drug-likeness (QED) is 0.355. The molecule has 1 aliphatic rings. The molecule has 2 heterocycles. The Kier molecular flexibility index (Phi) is 9.16. The highest BCUT2D eigenvalue weighted by molar-refractivity contribution is 7.90. The number of hydrogen-bond acceptors (Lipinski definition) is 7. The lowest BCUT2D eigenvalue weighted by molar-refractivity contribution is 0.0981. The topological polar surface area (TPSA) is 101 Å². The molecule has 0 bridgehead atoms. The Morgan fingerprint density at radius 2 is 1.90 bits per heavy atom. The average Bonchev–Trinajstić information content (AvgIpc) is 2.92. The number of anilines is 1. The Balaban J connectivity index is 1.69. The maximum atomic E-state index is 14.5. The van der Waals surface area contributed by atoms with Crippen LogP contribution in [0.5, 0.6) is 5.75 Å². The third kappa shape index (κ3) is 7.53. The van der Waals surface area contributed by atoms with Gasteiger partial charge in [0.25, 0.3) is 15.9 Å². The van der Waals surface area contributed by atoms with Gasteiger partial charge in [0.2, 0.25) is 0 Å². The highest BCUT2D eigenvalue weighted by atomic mass is 32.2. The van der Waals surface area contributed by atoms with Crippen LogP contribution < -0.4 is 14.4 Å². The van der Waals surface area contributed by atoms with Crippen molar-refractivity contribution in [2.45, 2.75) is 51.0 Å². The van der Waals surface area contributed by atoms with Gasteiger partial charge in [-0.05, 0) is 61.1 Å². The predicted octanol–water partition coefficient (Wildman–Crippen LogP) is 5.45. The number of rotatable bonds is 10. The van der Waals surface area contributed by atoms with Crippen molar-refractivity contribution in [1.82, 2.24) is 14.7 Å². The molecular formula is C29H35FN4O4S. The number of ether oxygens (including phenoxy) is 1. The number of nitrogens with one attached hydrogen (secondary N) is 1. The van der Waals surface area contributed by atoms with Gasteiger partial charge in [0.1, 0.15) is 17.4 Å². The van der Waals surface area contributed by atoms with E-state index in [1.54, 1.807) is 18.2 Å². The first-order valence-corrected chi connectivity index (χ1v) is 14.7. The third-order valence-corrected chi connectivity index (χ3v) is 7.87. The van der Waals surface area contributed by atoms with Gasteiger partial charge in [-0.25, -0.2) is 19.1 Å². The van der Waals surface area contributed by atoms with Gasteiger partial charge in [0.15, 0.2) is 5.03 Å². The normalized spacial score (nSPS) is 14.3. The van der Waals surface area contributed by atoms with Crippen LogP contribution in [0.15, 0.2) is 59.8 Å². The van der Waals surface area contributed by atoms with Gasteiger partial charge in [-0.15, -0.1) is 0 Å². The minimum absolute atomic E-state index is 0.101. The van der Waals surface area contributed by atoms with E-state index >= 15 is 0 Å². The number of amides is 1. The van der Waals surface area contributed by atoms with Gasteiger partial charge in [-0.2, -0.15) is 8.42 Å². The smallest absolute Gasteiger partial charge is 0.281 e. The lowest BCUT2D eigenvalue weighted by Gasteiger charge is -2.29. The van der Waals surface area contributed by atoms with Crippen LogP contribution in [0.25, 0.3) is 11.3 Å². The molecule has 0 radical (unpaired) electrons. The van der Waals surface area contributed by atoms with Crippen LogP contribution in [-0.2, 0) is 10.0 Å². The molecule has 208 valence electrons. The summed E-state index contributed by atoms with van der Waals surface area (Å²) >= 11 is 0. The maximum Gasteiger partial charge on any atom is 0.281 e. The molecule has 8 nitrogen and oxygen atoms in total. The molecule has 39 heavy (non-hydrogen) atoms. The zero-order valence-corrected chi connectivity index (χ0v) is 23.4. The molecule has 0 unspecified atom stereocenters. The predicted molar refractivity (Wildman–Crippen MR) is 149 cm³/mol. The summed E-state index contributed by atoms with van der Waals surface area (Å²) in [7, 11) is -2.35. The van der Waals surface area contributed by atoms with Crippen molar-refractivity contribution in [3.05, 3.63) is 66.1 Å². The van der Waals surface area contributed by atoms with Crippen molar-refractivity contribution in [2.75, 3.05) is 25.1 Å². The zero-order valence-electron chi connectivity index (χ0n) is 22.6. The molecule has 0 spiro atoms. The first-order chi connectivity index (χ1) is 18.6. The molecule has 10 heteroatoms. The number of benzene rings is 1. The van der Waals surface area contributed by atoms with Crippen molar-refractivity contribution < 1.29 is 22.3 Å². The minimum atomic E-state index is -4.19. The van der Waals surface area contributed by atoms with Crippen LogP contribution in [0.4, 0.5) is 10.2 Å². The molecule has 1 aromatic carbocycles. The monoisotopic (exact) mass is 554 g/mol. The number of halogens is 1. The van der Waals surface area contributed by atoms with Gasteiger partial charge < -0.3 is 9.64 Å². The number of carbonyl (C=O) groups excluding carboxylic acids is 1. The highest BCUT2D eigenvalue weighted by Crippen LogP contribution is 2.30.